The number of halogens is 1. The number of hydrogen-bond acceptors (Lipinski definition) is 2. The average molecular weight is 388 g/mol. The van der Waals surface area contributed by atoms with Crippen molar-refractivity contribution in [2.24, 2.45) is 10.7 Å². The van der Waals surface area contributed by atoms with E-state index in [2.05, 4.69) is 15.6 Å². The molecule has 20 heavy (non-hydrogen) atoms. The predicted octanol–water partition coefficient (Wildman–Crippen LogP) is 1.27. The molecule has 0 saturated heterocycles. The van der Waals surface area contributed by atoms with E-state index in [9.17, 15) is 4.79 Å². The van der Waals surface area contributed by atoms with Gasteiger partial charge < -0.3 is 16.4 Å². The van der Waals surface area contributed by atoms with Crippen molar-refractivity contribution in [1.82, 2.24) is 10.6 Å². The van der Waals surface area contributed by atoms with Crippen LogP contribution < -0.4 is 16.4 Å². The van der Waals surface area contributed by atoms with E-state index >= 15 is 0 Å². The Labute approximate surface area is 136 Å². The minimum absolute atomic E-state index is 0. The molecule has 0 aromatic heterocycles. The van der Waals surface area contributed by atoms with Gasteiger partial charge in [-0.1, -0.05) is 12.1 Å². The topological polar surface area (TPSA) is 79.5 Å². The summed E-state index contributed by atoms with van der Waals surface area (Å²) in [6, 6.07) is 8.09. The fourth-order valence-electron chi connectivity index (χ4n) is 1.80. The number of nitrogens with one attached hydrogen (secondary N) is 2. The molecule has 2 rings (SSSR count). The van der Waals surface area contributed by atoms with Crippen molar-refractivity contribution in [3.63, 3.8) is 0 Å². The number of aliphatic imine (C=N–C) groups is 1. The fraction of sp³-hybridized carbons (Fsp3) is 0.429. The predicted molar refractivity (Wildman–Crippen MR) is 91.6 cm³/mol. The summed E-state index contributed by atoms with van der Waals surface area (Å²) in [5, 5.41) is 5.76. The minimum Gasteiger partial charge on any atom is -0.370 e. The van der Waals surface area contributed by atoms with Crippen LogP contribution in [0.1, 0.15) is 28.8 Å². The van der Waals surface area contributed by atoms with Crippen molar-refractivity contribution >= 4 is 35.8 Å². The molecule has 6 heteroatoms. The maximum absolute atomic E-state index is 11.5. The average Bonchev–Trinajstić information content (AvgIpc) is 3.22. The molecule has 5 nitrogen and oxygen atoms in total. The zero-order valence-electron chi connectivity index (χ0n) is 11.6. The minimum atomic E-state index is -0.0692. The number of hydrogen-bond donors (Lipinski definition) is 3. The molecule has 1 amide bonds. The second kappa shape index (κ2) is 8.08. The van der Waals surface area contributed by atoms with Gasteiger partial charge >= 0.3 is 0 Å². The molecule has 4 N–H and O–H groups in total. The van der Waals surface area contributed by atoms with Gasteiger partial charge in [-0.25, -0.2) is 0 Å². The van der Waals surface area contributed by atoms with Crippen LogP contribution >= 0.6 is 24.0 Å². The van der Waals surface area contributed by atoms with Crippen LogP contribution in [0.25, 0.3) is 0 Å². The Morgan fingerprint density at radius 2 is 2.20 bits per heavy atom. The van der Waals surface area contributed by atoms with Crippen LogP contribution in [0.5, 0.6) is 0 Å². The summed E-state index contributed by atoms with van der Waals surface area (Å²) < 4.78 is 0. The third-order valence-electron chi connectivity index (χ3n) is 3.03. The monoisotopic (exact) mass is 388 g/mol. The Bertz CT molecular complexity index is 486. The maximum atomic E-state index is 11.5. The molecule has 1 aliphatic rings. The maximum Gasteiger partial charge on any atom is 0.251 e. The first-order valence-corrected chi connectivity index (χ1v) is 6.56. The molecule has 1 aromatic rings. The van der Waals surface area contributed by atoms with E-state index in [-0.39, 0.29) is 29.9 Å². The van der Waals surface area contributed by atoms with E-state index in [4.69, 9.17) is 5.73 Å². The molecule has 1 fully saturated rings. The normalized spacial score (nSPS) is 14.3. The lowest BCUT2D eigenvalue weighted by molar-refractivity contribution is 0.0963. The van der Waals surface area contributed by atoms with Gasteiger partial charge in [0.15, 0.2) is 5.96 Å². The summed E-state index contributed by atoms with van der Waals surface area (Å²) in [5.41, 5.74) is 7.51. The molecule has 1 aliphatic carbocycles. The molecule has 0 unspecified atom stereocenters. The lowest BCUT2D eigenvalue weighted by atomic mass is 10.1. The van der Waals surface area contributed by atoms with Crippen molar-refractivity contribution < 1.29 is 4.79 Å². The van der Waals surface area contributed by atoms with E-state index in [0.717, 1.165) is 12.0 Å². The summed E-state index contributed by atoms with van der Waals surface area (Å²) in [6.07, 6.45) is 3.15. The standard InChI is InChI=1S/C14H20N4O.HI/c1-16-13(19)11-4-2-3-10(9-11)7-8-17-14(15)18-12-5-6-12;/h2-4,9,12H,5-8H2,1H3,(H,16,19)(H3,15,17,18);1H. The van der Waals surface area contributed by atoms with Gasteiger partial charge in [-0.2, -0.15) is 0 Å². The lowest BCUT2D eigenvalue weighted by Crippen LogP contribution is -2.33. The first-order valence-electron chi connectivity index (χ1n) is 6.56. The number of nitrogens with two attached hydrogens (primary N) is 1. The molecule has 110 valence electrons. The third kappa shape index (κ3) is 5.36. The number of amides is 1. The van der Waals surface area contributed by atoms with Crippen molar-refractivity contribution in [2.75, 3.05) is 13.6 Å². The van der Waals surface area contributed by atoms with Gasteiger partial charge in [0, 0.05) is 25.2 Å². The highest BCUT2D eigenvalue weighted by Crippen LogP contribution is 2.17. The Balaban J connectivity index is 0.00000200. The SMILES string of the molecule is CNC(=O)c1cccc(CCN=C(N)NC2CC2)c1.I. The molecule has 0 atom stereocenters. The molecule has 0 heterocycles. The van der Waals surface area contributed by atoms with Crippen molar-refractivity contribution in [1.29, 1.82) is 0 Å². The highest BCUT2D eigenvalue weighted by molar-refractivity contribution is 14.0. The first-order chi connectivity index (χ1) is 9.19. The molecular formula is C14H21IN4O. The Kier molecular flexibility index (Phi) is 6.77. The Morgan fingerprint density at radius 1 is 1.45 bits per heavy atom. The van der Waals surface area contributed by atoms with E-state index in [1.165, 1.54) is 12.8 Å². The van der Waals surface area contributed by atoms with Gasteiger partial charge in [-0.05, 0) is 37.0 Å². The van der Waals surface area contributed by atoms with Crippen LogP contribution in [-0.4, -0.2) is 31.5 Å². The number of carbonyl (C=O) groups is 1. The van der Waals surface area contributed by atoms with Crippen molar-refractivity contribution in [3.05, 3.63) is 35.4 Å². The Morgan fingerprint density at radius 3 is 2.85 bits per heavy atom. The quantitative estimate of drug-likeness (QED) is 0.404. The van der Waals surface area contributed by atoms with Gasteiger partial charge in [-0.3, -0.25) is 9.79 Å². The molecule has 0 bridgehead atoms. The van der Waals surface area contributed by atoms with Gasteiger partial charge in [0.1, 0.15) is 0 Å². The van der Waals surface area contributed by atoms with Crippen LogP contribution in [0.3, 0.4) is 0 Å². The largest absolute Gasteiger partial charge is 0.370 e. The van der Waals surface area contributed by atoms with E-state index in [1.807, 2.05) is 18.2 Å². The van der Waals surface area contributed by atoms with Crippen molar-refractivity contribution in [2.45, 2.75) is 25.3 Å². The van der Waals surface area contributed by atoms with Crippen LogP contribution in [-0.2, 0) is 6.42 Å². The number of benzene rings is 1. The van der Waals surface area contributed by atoms with Gasteiger partial charge in [0.2, 0.25) is 0 Å². The summed E-state index contributed by atoms with van der Waals surface area (Å²) in [4.78, 5) is 15.8. The summed E-state index contributed by atoms with van der Waals surface area (Å²) in [7, 11) is 1.63. The highest BCUT2D eigenvalue weighted by Gasteiger charge is 2.21. The smallest absolute Gasteiger partial charge is 0.251 e. The van der Waals surface area contributed by atoms with Gasteiger partial charge in [0.25, 0.3) is 5.91 Å². The molecule has 0 radical (unpaired) electrons. The van der Waals surface area contributed by atoms with Crippen LogP contribution in [0.4, 0.5) is 0 Å². The van der Waals surface area contributed by atoms with Crippen LogP contribution in [0.2, 0.25) is 0 Å². The van der Waals surface area contributed by atoms with E-state index < -0.39 is 0 Å². The number of carbonyl (C=O) groups excluding carboxylic acids is 1. The second-order valence-electron chi connectivity index (χ2n) is 4.72. The summed E-state index contributed by atoms with van der Waals surface area (Å²) >= 11 is 0. The molecule has 1 aromatic carbocycles. The number of guanidine groups is 1. The first kappa shape index (κ1) is 16.7. The summed E-state index contributed by atoms with van der Waals surface area (Å²) in [6.45, 7) is 0.628. The lowest BCUT2D eigenvalue weighted by Gasteiger charge is -2.05. The van der Waals surface area contributed by atoms with E-state index in [0.29, 0.717) is 24.1 Å². The molecule has 1 saturated carbocycles. The van der Waals surface area contributed by atoms with Crippen LogP contribution in [0, 0.1) is 0 Å². The Hall–Kier alpha value is -1.31. The summed E-state index contributed by atoms with van der Waals surface area (Å²) in [5.74, 6) is 0.449. The number of rotatable bonds is 5. The fourth-order valence-corrected chi connectivity index (χ4v) is 1.80. The van der Waals surface area contributed by atoms with Crippen LogP contribution in [0.15, 0.2) is 29.3 Å². The van der Waals surface area contributed by atoms with E-state index in [1.54, 1.807) is 13.1 Å². The molecule has 0 aliphatic heterocycles. The van der Waals surface area contributed by atoms with Gasteiger partial charge in [-0.15, -0.1) is 24.0 Å². The molecule has 0 spiro atoms. The van der Waals surface area contributed by atoms with Crippen molar-refractivity contribution in [3.8, 4) is 0 Å². The zero-order valence-corrected chi connectivity index (χ0v) is 13.9. The third-order valence-corrected chi connectivity index (χ3v) is 3.03. The zero-order chi connectivity index (χ0) is 13.7. The number of nitrogens with zero attached hydrogens (tertiary/aromatic N) is 1. The highest BCUT2D eigenvalue weighted by atomic mass is 127. The second-order valence-corrected chi connectivity index (χ2v) is 4.72. The van der Waals surface area contributed by atoms with Gasteiger partial charge in [0.05, 0.1) is 0 Å². The molecular weight excluding hydrogens is 367 g/mol.